The Morgan fingerprint density at radius 3 is 2.00 bits per heavy atom. The van der Waals surface area contributed by atoms with E-state index in [9.17, 15) is 4.79 Å². The standard InChI is InChI=1S/C24H24N2O5/c1-28-20-14-17(15-21(29-2)23(20)30-3)16-25-26-24(27)22(18-10-6-4-7-11-18)31-19-12-8-5-9-13-19/h4-16,22H,1-3H3,(H,26,27)/b25-16+. The van der Waals surface area contributed by atoms with Gasteiger partial charge in [0, 0.05) is 11.1 Å². The van der Waals surface area contributed by atoms with E-state index in [0.29, 0.717) is 34.1 Å². The predicted octanol–water partition coefficient (Wildman–Crippen LogP) is 3.98. The van der Waals surface area contributed by atoms with Crippen molar-refractivity contribution in [3.63, 3.8) is 0 Å². The fraction of sp³-hybridized carbons (Fsp3) is 0.167. The fourth-order valence-corrected chi connectivity index (χ4v) is 2.94. The lowest BCUT2D eigenvalue weighted by Gasteiger charge is -2.18. The summed E-state index contributed by atoms with van der Waals surface area (Å²) in [5.74, 6) is 1.64. The SMILES string of the molecule is COc1cc(/C=N/NC(=O)C(Oc2ccccc2)c2ccccc2)cc(OC)c1OC. The molecule has 0 heterocycles. The molecule has 7 heteroatoms. The maximum atomic E-state index is 12.9. The number of para-hydroxylation sites is 1. The van der Waals surface area contributed by atoms with Gasteiger partial charge in [0.1, 0.15) is 5.75 Å². The molecule has 0 aliphatic rings. The molecule has 0 fully saturated rings. The summed E-state index contributed by atoms with van der Waals surface area (Å²) in [7, 11) is 4.60. The van der Waals surface area contributed by atoms with Crippen LogP contribution in [0.5, 0.6) is 23.0 Å². The highest BCUT2D eigenvalue weighted by Gasteiger charge is 2.22. The number of hydrogen-bond acceptors (Lipinski definition) is 6. The van der Waals surface area contributed by atoms with Crippen LogP contribution in [0.25, 0.3) is 0 Å². The van der Waals surface area contributed by atoms with Crippen molar-refractivity contribution in [2.75, 3.05) is 21.3 Å². The van der Waals surface area contributed by atoms with Gasteiger partial charge in [-0.1, -0.05) is 48.5 Å². The molecule has 3 aromatic carbocycles. The number of benzene rings is 3. The number of hydrogen-bond donors (Lipinski definition) is 1. The third kappa shape index (κ3) is 5.54. The van der Waals surface area contributed by atoms with Gasteiger partial charge in [0.05, 0.1) is 27.5 Å². The zero-order valence-corrected chi connectivity index (χ0v) is 17.6. The number of nitrogens with zero attached hydrogens (tertiary/aromatic N) is 1. The van der Waals surface area contributed by atoms with Crippen molar-refractivity contribution in [1.82, 2.24) is 5.43 Å². The molecule has 1 unspecified atom stereocenters. The van der Waals surface area contributed by atoms with Crippen LogP contribution in [-0.2, 0) is 4.79 Å². The summed E-state index contributed by atoms with van der Waals surface area (Å²) in [6.45, 7) is 0. The maximum absolute atomic E-state index is 12.9. The lowest BCUT2D eigenvalue weighted by Crippen LogP contribution is -2.29. The van der Waals surface area contributed by atoms with E-state index in [1.807, 2.05) is 48.5 Å². The first-order valence-corrected chi connectivity index (χ1v) is 9.55. The van der Waals surface area contributed by atoms with Gasteiger partial charge < -0.3 is 18.9 Å². The van der Waals surface area contributed by atoms with Crippen LogP contribution in [0.1, 0.15) is 17.2 Å². The van der Waals surface area contributed by atoms with Crippen molar-refractivity contribution in [1.29, 1.82) is 0 Å². The second-order valence-electron chi connectivity index (χ2n) is 6.41. The Kier molecular flexibility index (Phi) is 7.48. The molecule has 0 saturated heterocycles. The van der Waals surface area contributed by atoms with E-state index in [2.05, 4.69) is 10.5 Å². The molecule has 160 valence electrons. The lowest BCUT2D eigenvalue weighted by atomic mass is 10.1. The highest BCUT2D eigenvalue weighted by molar-refractivity contribution is 5.86. The molecule has 31 heavy (non-hydrogen) atoms. The Balaban J connectivity index is 1.78. The number of nitrogens with one attached hydrogen (secondary N) is 1. The van der Waals surface area contributed by atoms with Crippen LogP contribution in [0.2, 0.25) is 0 Å². The van der Waals surface area contributed by atoms with E-state index in [0.717, 1.165) is 0 Å². The predicted molar refractivity (Wildman–Crippen MR) is 118 cm³/mol. The van der Waals surface area contributed by atoms with E-state index in [1.165, 1.54) is 27.5 Å². The van der Waals surface area contributed by atoms with Gasteiger partial charge in [-0.05, 0) is 24.3 Å². The van der Waals surface area contributed by atoms with Crippen LogP contribution in [0.15, 0.2) is 77.9 Å². The van der Waals surface area contributed by atoms with Gasteiger partial charge in [-0.2, -0.15) is 5.10 Å². The smallest absolute Gasteiger partial charge is 0.285 e. The topological polar surface area (TPSA) is 78.4 Å². The minimum atomic E-state index is -0.860. The van der Waals surface area contributed by atoms with Crippen LogP contribution >= 0.6 is 0 Å². The van der Waals surface area contributed by atoms with Crippen LogP contribution in [0.4, 0.5) is 0 Å². The van der Waals surface area contributed by atoms with Crippen LogP contribution < -0.4 is 24.4 Å². The van der Waals surface area contributed by atoms with Gasteiger partial charge >= 0.3 is 0 Å². The molecule has 0 saturated carbocycles. The van der Waals surface area contributed by atoms with Gasteiger partial charge in [0.25, 0.3) is 5.91 Å². The Morgan fingerprint density at radius 2 is 1.45 bits per heavy atom. The first-order chi connectivity index (χ1) is 15.2. The van der Waals surface area contributed by atoms with E-state index in [-0.39, 0.29) is 0 Å². The molecule has 7 nitrogen and oxygen atoms in total. The van der Waals surface area contributed by atoms with Crippen molar-refractivity contribution in [2.24, 2.45) is 5.10 Å². The van der Waals surface area contributed by atoms with Crippen molar-refractivity contribution >= 4 is 12.1 Å². The summed E-state index contributed by atoms with van der Waals surface area (Å²) < 4.78 is 21.9. The highest BCUT2D eigenvalue weighted by Crippen LogP contribution is 2.37. The monoisotopic (exact) mass is 420 g/mol. The zero-order valence-electron chi connectivity index (χ0n) is 17.6. The van der Waals surface area contributed by atoms with Gasteiger partial charge in [0.15, 0.2) is 11.5 Å². The summed E-state index contributed by atoms with van der Waals surface area (Å²) in [6, 6.07) is 21.9. The molecule has 0 bridgehead atoms. The van der Waals surface area contributed by atoms with Crippen molar-refractivity contribution in [3.05, 3.63) is 83.9 Å². The molecular weight excluding hydrogens is 396 g/mol. The van der Waals surface area contributed by atoms with Crippen molar-refractivity contribution in [3.8, 4) is 23.0 Å². The van der Waals surface area contributed by atoms with E-state index >= 15 is 0 Å². The van der Waals surface area contributed by atoms with E-state index < -0.39 is 12.0 Å². The molecule has 0 aliphatic heterocycles. The molecule has 0 aromatic heterocycles. The molecule has 3 aromatic rings. The van der Waals surface area contributed by atoms with Gasteiger partial charge in [-0.25, -0.2) is 5.43 Å². The van der Waals surface area contributed by atoms with E-state index in [1.54, 1.807) is 24.3 Å². The Bertz CT molecular complexity index is 998. The Labute approximate surface area is 181 Å². The minimum Gasteiger partial charge on any atom is -0.493 e. The maximum Gasteiger partial charge on any atom is 0.285 e. The number of ether oxygens (including phenoxy) is 4. The summed E-state index contributed by atoms with van der Waals surface area (Å²) in [5, 5.41) is 4.08. The molecule has 0 aliphatic carbocycles. The Morgan fingerprint density at radius 1 is 0.871 bits per heavy atom. The third-order valence-corrected chi connectivity index (χ3v) is 4.41. The lowest BCUT2D eigenvalue weighted by molar-refractivity contribution is -0.128. The fourth-order valence-electron chi connectivity index (χ4n) is 2.94. The molecule has 1 amide bonds. The van der Waals surface area contributed by atoms with Crippen molar-refractivity contribution < 1.29 is 23.7 Å². The third-order valence-electron chi connectivity index (χ3n) is 4.41. The summed E-state index contributed by atoms with van der Waals surface area (Å²) in [5.41, 5.74) is 3.92. The molecular formula is C24H24N2O5. The number of carbonyl (C=O) groups excluding carboxylic acids is 1. The second kappa shape index (κ2) is 10.7. The summed E-state index contributed by atoms with van der Waals surface area (Å²) in [4.78, 5) is 12.9. The van der Waals surface area contributed by atoms with Gasteiger partial charge in [-0.15, -0.1) is 0 Å². The normalized spacial score (nSPS) is 11.6. The minimum absolute atomic E-state index is 0.404. The van der Waals surface area contributed by atoms with Crippen LogP contribution in [0, 0.1) is 0 Å². The van der Waals surface area contributed by atoms with Gasteiger partial charge in [-0.3, -0.25) is 4.79 Å². The summed E-state index contributed by atoms with van der Waals surface area (Å²) in [6.07, 6.45) is 0.633. The van der Waals surface area contributed by atoms with Gasteiger partial charge in [0.2, 0.25) is 11.9 Å². The average Bonchev–Trinajstić information content (AvgIpc) is 2.82. The molecule has 0 radical (unpaired) electrons. The molecule has 1 atom stereocenters. The summed E-state index contributed by atoms with van der Waals surface area (Å²) >= 11 is 0. The molecule has 0 spiro atoms. The number of methoxy groups -OCH3 is 3. The zero-order chi connectivity index (χ0) is 22.1. The first kappa shape index (κ1) is 21.7. The van der Waals surface area contributed by atoms with Crippen LogP contribution in [0.3, 0.4) is 0 Å². The largest absolute Gasteiger partial charge is 0.493 e. The second-order valence-corrected chi connectivity index (χ2v) is 6.41. The van der Waals surface area contributed by atoms with E-state index in [4.69, 9.17) is 18.9 Å². The molecule has 1 N–H and O–H groups in total. The quantitative estimate of drug-likeness (QED) is 0.418. The molecule has 3 rings (SSSR count). The number of amides is 1. The number of hydrazone groups is 1. The van der Waals surface area contributed by atoms with Crippen molar-refractivity contribution in [2.45, 2.75) is 6.10 Å². The first-order valence-electron chi connectivity index (χ1n) is 9.55. The Hall–Kier alpha value is -4.00. The highest BCUT2D eigenvalue weighted by atomic mass is 16.5. The average molecular weight is 420 g/mol. The number of carbonyl (C=O) groups is 1. The number of rotatable bonds is 9. The van der Waals surface area contributed by atoms with Crippen LogP contribution in [-0.4, -0.2) is 33.5 Å².